The first-order valence-electron chi connectivity index (χ1n) is 8.14. The molecule has 0 spiro atoms. The third-order valence-corrected chi connectivity index (χ3v) is 4.81. The Morgan fingerprint density at radius 3 is 2.74 bits per heavy atom. The number of rotatable bonds is 5. The zero-order valence-corrected chi connectivity index (χ0v) is 13.7. The summed E-state index contributed by atoms with van der Waals surface area (Å²) in [7, 11) is 0. The smallest absolute Gasteiger partial charge is 0.243 e. The number of nitrogens with one attached hydrogen (secondary N) is 1. The molecule has 1 aliphatic carbocycles. The molecule has 1 amide bonds. The van der Waals surface area contributed by atoms with Gasteiger partial charge in [0.1, 0.15) is 6.54 Å². The molecule has 1 saturated carbocycles. The fraction of sp³-hybridized carbons (Fsp3) is 0.529. The Kier molecular flexibility index (Phi) is 4.41. The van der Waals surface area contributed by atoms with Crippen LogP contribution in [0.1, 0.15) is 42.4 Å². The monoisotopic (exact) mass is 313 g/mol. The van der Waals surface area contributed by atoms with Gasteiger partial charge in [0.05, 0.1) is 0 Å². The van der Waals surface area contributed by atoms with Gasteiger partial charge in [-0.1, -0.05) is 36.6 Å². The van der Waals surface area contributed by atoms with Crippen LogP contribution in [-0.2, 0) is 16.8 Å². The molecule has 6 heteroatoms. The average molecular weight is 313 g/mol. The van der Waals surface area contributed by atoms with Crippen molar-refractivity contribution in [2.24, 2.45) is 0 Å². The van der Waals surface area contributed by atoms with Crippen LogP contribution in [0.15, 0.2) is 24.5 Å². The van der Waals surface area contributed by atoms with Crippen molar-refractivity contribution in [1.82, 2.24) is 25.5 Å². The molecule has 122 valence electrons. The molecule has 1 aromatic heterocycles. The number of hydrogen-bond donors (Lipinski definition) is 1. The van der Waals surface area contributed by atoms with Crippen molar-refractivity contribution in [2.45, 2.75) is 51.5 Å². The number of aryl methyl sites for hydroxylation is 2. The minimum absolute atomic E-state index is 0.0588. The summed E-state index contributed by atoms with van der Waals surface area (Å²) in [6.07, 6.45) is 6.01. The van der Waals surface area contributed by atoms with Crippen molar-refractivity contribution in [3.63, 3.8) is 0 Å². The maximum absolute atomic E-state index is 12.1. The third-order valence-electron chi connectivity index (χ3n) is 4.81. The predicted molar refractivity (Wildman–Crippen MR) is 86.9 cm³/mol. The molecule has 0 saturated heterocycles. The largest absolute Gasteiger partial charge is 0.354 e. The first-order valence-corrected chi connectivity index (χ1v) is 8.14. The van der Waals surface area contributed by atoms with E-state index in [2.05, 4.69) is 52.8 Å². The van der Waals surface area contributed by atoms with Crippen LogP contribution in [0.3, 0.4) is 0 Å². The lowest BCUT2D eigenvalue weighted by Gasteiger charge is -2.31. The van der Waals surface area contributed by atoms with E-state index >= 15 is 0 Å². The molecular formula is C17H23N5O. The lowest BCUT2D eigenvalue weighted by molar-refractivity contribution is -0.122. The van der Waals surface area contributed by atoms with Crippen LogP contribution in [0.25, 0.3) is 0 Å². The number of hydrogen-bond acceptors (Lipinski definition) is 4. The van der Waals surface area contributed by atoms with Crippen LogP contribution in [0, 0.1) is 13.8 Å². The Morgan fingerprint density at radius 2 is 2.09 bits per heavy atom. The van der Waals surface area contributed by atoms with E-state index in [-0.39, 0.29) is 17.9 Å². The van der Waals surface area contributed by atoms with Crippen molar-refractivity contribution < 1.29 is 4.79 Å². The molecule has 2 aromatic rings. The molecule has 3 rings (SSSR count). The lowest BCUT2D eigenvalue weighted by Crippen LogP contribution is -2.41. The predicted octanol–water partition coefficient (Wildman–Crippen LogP) is 1.92. The molecule has 6 nitrogen and oxygen atoms in total. The van der Waals surface area contributed by atoms with Crippen LogP contribution < -0.4 is 5.32 Å². The maximum atomic E-state index is 12.1. The van der Waals surface area contributed by atoms with E-state index in [0.717, 1.165) is 12.8 Å². The normalized spacial score (nSPS) is 16.4. The third kappa shape index (κ3) is 3.41. The van der Waals surface area contributed by atoms with Gasteiger partial charge in [-0.15, -0.1) is 10.2 Å². The second-order valence-electron chi connectivity index (χ2n) is 6.55. The number of carbonyl (C=O) groups is 1. The van der Waals surface area contributed by atoms with Crippen molar-refractivity contribution >= 4 is 5.91 Å². The molecule has 23 heavy (non-hydrogen) atoms. The summed E-state index contributed by atoms with van der Waals surface area (Å²) >= 11 is 0. The molecule has 0 bridgehead atoms. The van der Waals surface area contributed by atoms with Gasteiger partial charge in [0, 0.05) is 12.0 Å². The summed E-state index contributed by atoms with van der Waals surface area (Å²) in [5, 5.41) is 14.3. The first-order chi connectivity index (χ1) is 11.1. The van der Waals surface area contributed by atoms with Crippen molar-refractivity contribution in [1.29, 1.82) is 0 Å². The fourth-order valence-electron chi connectivity index (χ4n) is 3.71. The highest BCUT2D eigenvalue weighted by atomic mass is 16.2. The van der Waals surface area contributed by atoms with Crippen LogP contribution in [-0.4, -0.2) is 32.7 Å². The Balaban J connectivity index is 1.72. The number of amides is 1. The van der Waals surface area contributed by atoms with Crippen molar-refractivity contribution in [3.05, 3.63) is 41.2 Å². The molecule has 1 fully saturated rings. The van der Waals surface area contributed by atoms with E-state index in [9.17, 15) is 4.79 Å². The Labute approximate surface area is 136 Å². The number of aromatic nitrogens is 4. The topological polar surface area (TPSA) is 72.7 Å². The van der Waals surface area contributed by atoms with Gasteiger partial charge >= 0.3 is 0 Å². The molecule has 0 aliphatic heterocycles. The summed E-state index contributed by atoms with van der Waals surface area (Å²) in [5.74, 6) is -0.0703. The first kappa shape index (κ1) is 15.6. The summed E-state index contributed by atoms with van der Waals surface area (Å²) < 4.78 is 0. The van der Waals surface area contributed by atoms with E-state index in [1.807, 2.05) is 0 Å². The molecular weight excluding hydrogens is 290 g/mol. The van der Waals surface area contributed by atoms with Gasteiger partial charge in [0.2, 0.25) is 5.91 Å². The minimum Gasteiger partial charge on any atom is -0.354 e. The van der Waals surface area contributed by atoms with Crippen LogP contribution >= 0.6 is 0 Å². The van der Waals surface area contributed by atoms with Gasteiger partial charge in [-0.05, 0) is 43.0 Å². The molecule has 1 N–H and O–H groups in total. The van der Waals surface area contributed by atoms with Gasteiger partial charge in [-0.3, -0.25) is 4.79 Å². The second-order valence-corrected chi connectivity index (χ2v) is 6.55. The number of carbonyl (C=O) groups excluding carboxylic acids is 1. The zero-order chi connectivity index (χ0) is 16.3. The summed E-state index contributed by atoms with van der Waals surface area (Å²) in [4.78, 5) is 13.4. The van der Waals surface area contributed by atoms with Crippen molar-refractivity contribution in [2.75, 3.05) is 6.54 Å². The molecule has 0 radical (unpaired) electrons. The molecule has 1 aliphatic rings. The molecule has 0 atom stereocenters. The second kappa shape index (κ2) is 6.48. The van der Waals surface area contributed by atoms with Crippen LogP contribution in [0.2, 0.25) is 0 Å². The summed E-state index contributed by atoms with van der Waals surface area (Å²) in [5.41, 5.74) is 4.03. The Morgan fingerprint density at radius 1 is 1.30 bits per heavy atom. The van der Waals surface area contributed by atoms with Crippen LogP contribution in [0.4, 0.5) is 0 Å². The van der Waals surface area contributed by atoms with Gasteiger partial charge < -0.3 is 5.32 Å². The van der Waals surface area contributed by atoms with E-state index in [1.54, 1.807) is 0 Å². The van der Waals surface area contributed by atoms with Gasteiger partial charge in [0.25, 0.3) is 0 Å². The SMILES string of the molecule is Cc1ccc(C2(CNC(=O)Cn3ncnn3)CCCC2)c(C)c1. The van der Waals surface area contributed by atoms with Crippen molar-refractivity contribution in [3.8, 4) is 0 Å². The quantitative estimate of drug-likeness (QED) is 0.915. The highest BCUT2D eigenvalue weighted by Gasteiger charge is 2.36. The van der Waals surface area contributed by atoms with E-state index < -0.39 is 0 Å². The average Bonchev–Trinajstić information content (AvgIpc) is 3.17. The Bertz CT molecular complexity index is 674. The fourth-order valence-corrected chi connectivity index (χ4v) is 3.71. The van der Waals surface area contributed by atoms with E-state index in [1.165, 1.54) is 40.7 Å². The van der Waals surface area contributed by atoms with E-state index in [0.29, 0.717) is 6.54 Å². The lowest BCUT2D eigenvalue weighted by atomic mass is 9.76. The Hall–Kier alpha value is -2.24. The molecule has 1 heterocycles. The van der Waals surface area contributed by atoms with E-state index in [4.69, 9.17) is 0 Å². The van der Waals surface area contributed by atoms with Crippen LogP contribution in [0.5, 0.6) is 0 Å². The molecule has 1 aromatic carbocycles. The number of nitrogens with zero attached hydrogens (tertiary/aromatic N) is 4. The standard InChI is InChI=1S/C17H23N5O/c1-13-5-6-15(14(2)9-13)17(7-3-4-8-17)11-18-16(23)10-22-20-12-19-21-22/h5-6,9,12H,3-4,7-8,10-11H2,1-2H3,(H,18,23). The minimum atomic E-state index is -0.0703. The maximum Gasteiger partial charge on any atom is 0.243 e. The molecule has 0 unspecified atom stereocenters. The highest BCUT2D eigenvalue weighted by molar-refractivity contribution is 5.75. The number of benzene rings is 1. The zero-order valence-electron chi connectivity index (χ0n) is 13.7. The number of tetrazole rings is 1. The summed E-state index contributed by atoms with van der Waals surface area (Å²) in [6, 6.07) is 6.64. The van der Waals surface area contributed by atoms with Gasteiger partial charge in [-0.25, -0.2) is 0 Å². The van der Waals surface area contributed by atoms with Gasteiger partial charge in [-0.2, -0.15) is 4.80 Å². The highest BCUT2D eigenvalue weighted by Crippen LogP contribution is 2.42. The summed E-state index contributed by atoms with van der Waals surface area (Å²) in [6.45, 7) is 5.07. The van der Waals surface area contributed by atoms with Gasteiger partial charge in [0.15, 0.2) is 6.33 Å².